The predicted octanol–water partition coefficient (Wildman–Crippen LogP) is 1.85. The van der Waals surface area contributed by atoms with Crippen LogP contribution in [0.3, 0.4) is 0 Å². The van der Waals surface area contributed by atoms with Crippen molar-refractivity contribution in [3.05, 3.63) is 23.4 Å². The molecule has 1 fully saturated rings. The number of carbonyl (C=O) groups excluding carboxylic acids is 1. The predicted molar refractivity (Wildman–Crippen MR) is 85.8 cm³/mol. The van der Waals surface area contributed by atoms with Crippen LogP contribution in [0.4, 0.5) is 5.82 Å². The number of likely N-dealkylation sites (tertiary alicyclic amines) is 1. The highest BCUT2D eigenvalue weighted by Gasteiger charge is 2.25. The van der Waals surface area contributed by atoms with Gasteiger partial charge in [-0.2, -0.15) is 0 Å². The van der Waals surface area contributed by atoms with Crippen molar-refractivity contribution in [2.45, 2.75) is 32.2 Å². The highest BCUT2D eigenvalue weighted by atomic mass is 16.2. The Kier molecular flexibility index (Phi) is 5.17. The number of hydrogen-bond donors (Lipinski definition) is 1. The standard InChI is InChI=1S/C16H26N4O/c1-5-13-9-12(10-15(17-2)18-13)16(21)20(4)14-7-6-8-19(3)11-14/h9-10,14H,5-8,11H2,1-4H3,(H,17,18). The topological polar surface area (TPSA) is 48.5 Å². The second-order valence-corrected chi connectivity index (χ2v) is 5.81. The molecule has 5 heteroatoms. The molecule has 1 aliphatic heterocycles. The molecule has 0 bridgehead atoms. The molecule has 0 spiro atoms. The molecule has 5 nitrogen and oxygen atoms in total. The molecule has 0 aliphatic carbocycles. The lowest BCUT2D eigenvalue weighted by molar-refractivity contribution is 0.0644. The number of aromatic nitrogens is 1. The number of anilines is 1. The highest BCUT2D eigenvalue weighted by molar-refractivity contribution is 5.95. The van der Waals surface area contributed by atoms with E-state index in [1.165, 1.54) is 0 Å². The maximum atomic E-state index is 12.7. The average Bonchev–Trinajstić information content (AvgIpc) is 2.52. The van der Waals surface area contributed by atoms with E-state index in [4.69, 9.17) is 0 Å². The Balaban J connectivity index is 2.18. The monoisotopic (exact) mass is 290 g/mol. The molecule has 116 valence electrons. The summed E-state index contributed by atoms with van der Waals surface area (Å²) in [5, 5.41) is 3.03. The highest BCUT2D eigenvalue weighted by Crippen LogP contribution is 2.18. The molecule has 1 N–H and O–H groups in total. The largest absolute Gasteiger partial charge is 0.373 e. The number of amides is 1. The fourth-order valence-corrected chi connectivity index (χ4v) is 2.85. The number of nitrogens with zero attached hydrogens (tertiary/aromatic N) is 3. The Bertz CT molecular complexity index is 481. The second-order valence-electron chi connectivity index (χ2n) is 5.81. The third-order valence-corrected chi connectivity index (χ3v) is 4.21. The first-order chi connectivity index (χ1) is 10.0. The molecule has 1 unspecified atom stereocenters. The number of rotatable bonds is 4. The number of hydrogen-bond acceptors (Lipinski definition) is 4. The van der Waals surface area contributed by atoms with E-state index in [1.807, 2.05) is 31.1 Å². The zero-order chi connectivity index (χ0) is 15.4. The molecule has 1 amide bonds. The molecule has 2 rings (SSSR count). The minimum absolute atomic E-state index is 0.0869. The van der Waals surface area contributed by atoms with Gasteiger partial charge in [-0.25, -0.2) is 4.98 Å². The van der Waals surface area contributed by atoms with Gasteiger partial charge in [0.1, 0.15) is 5.82 Å². The number of pyridine rings is 1. The van der Waals surface area contributed by atoms with E-state index in [2.05, 4.69) is 29.2 Å². The number of piperidine rings is 1. The minimum atomic E-state index is 0.0869. The maximum Gasteiger partial charge on any atom is 0.254 e. The van der Waals surface area contributed by atoms with Crippen molar-refractivity contribution in [2.75, 3.05) is 39.5 Å². The molecule has 1 aromatic heterocycles. The van der Waals surface area contributed by atoms with Gasteiger partial charge in [0, 0.05) is 37.9 Å². The number of aryl methyl sites for hydroxylation is 1. The van der Waals surface area contributed by atoms with Crippen LogP contribution in [0, 0.1) is 0 Å². The number of likely N-dealkylation sites (N-methyl/N-ethyl adjacent to an activating group) is 2. The molecule has 2 heterocycles. The summed E-state index contributed by atoms with van der Waals surface area (Å²) in [6.45, 7) is 4.13. The quantitative estimate of drug-likeness (QED) is 0.919. The van der Waals surface area contributed by atoms with Crippen LogP contribution >= 0.6 is 0 Å². The van der Waals surface area contributed by atoms with Gasteiger partial charge in [0.25, 0.3) is 5.91 Å². The Morgan fingerprint density at radius 3 is 2.90 bits per heavy atom. The number of nitrogens with one attached hydrogen (secondary N) is 1. The zero-order valence-corrected chi connectivity index (χ0v) is 13.5. The summed E-state index contributed by atoms with van der Waals surface area (Å²) in [5.74, 6) is 0.843. The van der Waals surface area contributed by atoms with Gasteiger partial charge in [-0.3, -0.25) is 4.79 Å². The molecule has 0 saturated carbocycles. The van der Waals surface area contributed by atoms with Crippen LogP contribution < -0.4 is 5.32 Å². The van der Waals surface area contributed by atoms with E-state index >= 15 is 0 Å². The smallest absolute Gasteiger partial charge is 0.254 e. The Morgan fingerprint density at radius 2 is 2.29 bits per heavy atom. The third kappa shape index (κ3) is 3.73. The van der Waals surface area contributed by atoms with Gasteiger partial charge in [-0.05, 0) is 45.0 Å². The normalized spacial score (nSPS) is 19.3. The fourth-order valence-electron chi connectivity index (χ4n) is 2.85. The van der Waals surface area contributed by atoms with Crippen LogP contribution in [0.15, 0.2) is 12.1 Å². The molecule has 0 radical (unpaired) electrons. The van der Waals surface area contributed by atoms with Gasteiger partial charge < -0.3 is 15.1 Å². The van der Waals surface area contributed by atoms with Crippen LogP contribution in [0.5, 0.6) is 0 Å². The first-order valence-corrected chi connectivity index (χ1v) is 7.69. The Labute approximate surface area is 127 Å². The summed E-state index contributed by atoms with van der Waals surface area (Å²) in [4.78, 5) is 21.4. The van der Waals surface area contributed by atoms with Crippen LogP contribution in [0.1, 0.15) is 35.8 Å². The minimum Gasteiger partial charge on any atom is -0.373 e. The van der Waals surface area contributed by atoms with E-state index in [9.17, 15) is 4.79 Å². The van der Waals surface area contributed by atoms with Crippen molar-refractivity contribution in [1.29, 1.82) is 0 Å². The van der Waals surface area contributed by atoms with E-state index in [0.717, 1.165) is 49.4 Å². The van der Waals surface area contributed by atoms with Gasteiger partial charge in [0.05, 0.1) is 0 Å². The lowest BCUT2D eigenvalue weighted by Gasteiger charge is -2.36. The van der Waals surface area contributed by atoms with Crippen LogP contribution in [-0.2, 0) is 6.42 Å². The van der Waals surface area contributed by atoms with Gasteiger partial charge in [-0.15, -0.1) is 0 Å². The van der Waals surface area contributed by atoms with Crippen LogP contribution in [0.2, 0.25) is 0 Å². The Hall–Kier alpha value is -1.62. The molecular weight excluding hydrogens is 264 g/mol. The zero-order valence-electron chi connectivity index (χ0n) is 13.5. The van der Waals surface area contributed by atoms with Gasteiger partial charge in [-0.1, -0.05) is 6.92 Å². The van der Waals surface area contributed by atoms with E-state index in [-0.39, 0.29) is 5.91 Å². The van der Waals surface area contributed by atoms with Crippen molar-refractivity contribution in [3.63, 3.8) is 0 Å². The first-order valence-electron chi connectivity index (χ1n) is 7.69. The van der Waals surface area contributed by atoms with Crippen LogP contribution in [0.25, 0.3) is 0 Å². The molecule has 1 aromatic rings. The average molecular weight is 290 g/mol. The summed E-state index contributed by atoms with van der Waals surface area (Å²) in [6.07, 6.45) is 3.06. The van der Waals surface area contributed by atoms with E-state index in [0.29, 0.717) is 6.04 Å². The fraction of sp³-hybridized carbons (Fsp3) is 0.625. The summed E-state index contributed by atoms with van der Waals surface area (Å²) in [6, 6.07) is 4.05. The molecular formula is C16H26N4O. The van der Waals surface area contributed by atoms with Crippen molar-refractivity contribution in [1.82, 2.24) is 14.8 Å². The maximum absolute atomic E-state index is 12.7. The van der Waals surface area contributed by atoms with E-state index < -0.39 is 0 Å². The molecule has 1 atom stereocenters. The van der Waals surface area contributed by atoms with Gasteiger partial charge in [0.2, 0.25) is 0 Å². The molecule has 0 aromatic carbocycles. The molecule has 1 aliphatic rings. The summed E-state index contributed by atoms with van der Waals surface area (Å²) in [5.41, 5.74) is 1.67. The summed E-state index contributed by atoms with van der Waals surface area (Å²) < 4.78 is 0. The second kappa shape index (κ2) is 6.89. The van der Waals surface area contributed by atoms with Crippen molar-refractivity contribution in [2.24, 2.45) is 0 Å². The molecule has 21 heavy (non-hydrogen) atoms. The SMILES string of the molecule is CCc1cc(C(=O)N(C)C2CCCN(C)C2)cc(NC)n1. The van der Waals surface area contributed by atoms with Crippen molar-refractivity contribution in [3.8, 4) is 0 Å². The first kappa shape index (κ1) is 15.8. The van der Waals surface area contributed by atoms with Crippen LogP contribution in [-0.4, -0.2) is 61.0 Å². The third-order valence-electron chi connectivity index (χ3n) is 4.21. The Morgan fingerprint density at radius 1 is 1.52 bits per heavy atom. The van der Waals surface area contributed by atoms with Gasteiger partial charge >= 0.3 is 0 Å². The molecule has 1 saturated heterocycles. The number of carbonyl (C=O) groups is 1. The van der Waals surface area contributed by atoms with Gasteiger partial charge in [0.15, 0.2) is 0 Å². The lowest BCUT2D eigenvalue weighted by Crippen LogP contribution is -2.47. The summed E-state index contributed by atoms with van der Waals surface area (Å²) in [7, 11) is 5.86. The van der Waals surface area contributed by atoms with E-state index in [1.54, 1.807) is 0 Å². The van der Waals surface area contributed by atoms with Crippen molar-refractivity contribution < 1.29 is 4.79 Å². The van der Waals surface area contributed by atoms with Crippen molar-refractivity contribution >= 4 is 11.7 Å². The lowest BCUT2D eigenvalue weighted by atomic mass is 10.0. The summed E-state index contributed by atoms with van der Waals surface area (Å²) >= 11 is 0.